The summed E-state index contributed by atoms with van der Waals surface area (Å²) in [5.41, 5.74) is 7.18. The zero-order valence-electron chi connectivity index (χ0n) is 12.4. The van der Waals surface area contributed by atoms with Crippen LogP contribution in [0.5, 0.6) is 0 Å². The molecule has 1 aromatic carbocycles. The van der Waals surface area contributed by atoms with Gasteiger partial charge in [-0.3, -0.25) is 0 Å². The Labute approximate surface area is 113 Å². The van der Waals surface area contributed by atoms with Crippen molar-refractivity contribution in [2.45, 2.75) is 54.3 Å². The number of alkyl halides is 3. The van der Waals surface area contributed by atoms with Crippen LogP contribution in [-0.2, 0) is 12.7 Å². The Morgan fingerprint density at radius 3 is 2.05 bits per heavy atom. The number of nitrogens with one attached hydrogen (secondary N) is 2. The van der Waals surface area contributed by atoms with Gasteiger partial charge in [-0.05, 0) is 36.6 Å². The molecule has 1 aliphatic rings. The molecule has 2 nitrogen and oxygen atoms in total. The Balaban J connectivity index is 0.000000741. The van der Waals surface area contributed by atoms with E-state index in [0.29, 0.717) is 17.7 Å². The van der Waals surface area contributed by atoms with Crippen molar-refractivity contribution in [3.63, 3.8) is 0 Å². The molecule has 0 saturated carbocycles. The van der Waals surface area contributed by atoms with Crippen molar-refractivity contribution in [2.75, 3.05) is 5.43 Å². The molecule has 0 atom stereocenters. The summed E-state index contributed by atoms with van der Waals surface area (Å²) in [6.07, 6.45) is -4.27. The Morgan fingerprint density at radius 2 is 1.58 bits per heavy atom. The van der Waals surface area contributed by atoms with E-state index >= 15 is 0 Å². The van der Waals surface area contributed by atoms with Gasteiger partial charge in [0.15, 0.2) is 0 Å². The number of rotatable bonds is 0. The van der Waals surface area contributed by atoms with Crippen molar-refractivity contribution in [3.8, 4) is 0 Å². The van der Waals surface area contributed by atoms with Gasteiger partial charge < -0.3 is 5.43 Å². The van der Waals surface area contributed by atoms with Crippen LogP contribution in [0.4, 0.5) is 18.9 Å². The second-order valence-corrected chi connectivity index (χ2v) is 3.70. The van der Waals surface area contributed by atoms with Gasteiger partial charge in [0.05, 0.1) is 11.3 Å². The van der Waals surface area contributed by atoms with Crippen LogP contribution in [-0.4, -0.2) is 0 Å². The monoisotopic (exact) mass is 276 g/mol. The molecule has 0 amide bonds. The molecule has 0 unspecified atom stereocenters. The third kappa shape index (κ3) is 3.86. The number of aryl methyl sites for hydroxylation is 1. The summed E-state index contributed by atoms with van der Waals surface area (Å²) >= 11 is 0. The van der Waals surface area contributed by atoms with Crippen molar-refractivity contribution >= 4 is 5.69 Å². The first-order chi connectivity index (χ1) is 8.91. The van der Waals surface area contributed by atoms with Gasteiger partial charge in [-0.15, -0.1) is 0 Å². The van der Waals surface area contributed by atoms with E-state index in [-0.39, 0.29) is 5.56 Å². The summed E-state index contributed by atoms with van der Waals surface area (Å²) in [5, 5.41) is 0. The maximum absolute atomic E-state index is 12.7. The third-order valence-corrected chi connectivity index (χ3v) is 2.68. The quantitative estimate of drug-likeness (QED) is 0.711. The van der Waals surface area contributed by atoms with E-state index < -0.39 is 11.7 Å². The number of anilines is 1. The van der Waals surface area contributed by atoms with Gasteiger partial charge in [0.25, 0.3) is 0 Å². The van der Waals surface area contributed by atoms with Crippen LogP contribution in [0.15, 0.2) is 6.07 Å². The molecule has 0 aliphatic carbocycles. The van der Waals surface area contributed by atoms with Crippen molar-refractivity contribution < 1.29 is 13.2 Å². The van der Waals surface area contributed by atoms with Gasteiger partial charge in [-0.2, -0.15) is 13.2 Å². The van der Waals surface area contributed by atoms with Crippen LogP contribution in [0.25, 0.3) is 0 Å². The summed E-state index contributed by atoms with van der Waals surface area (Å²) < 4.78 is 38.2. The SMILES string of the molecule is CC.CC.Cc1cc2c(c(C)c1C(F)(F)F)CNN2. The second-order valence-electron chi connectivity index (χ2n) is 3.70. The molecule has 1 heterocycles. The predicted octanol–water partition coefficient (Wildman–Crippen LogP) is 4.80. The molecule has 19 heavy (non-hydrogen) atoms. The summed E-state index contributed by atoms with van der Waals surface area (Å²) in [7, 11) is 0. The Hall–Kier alpha value is -1.23. The molecule has 0 aromatic heterocycles. The lowest BCUT2D eigenvalue weighted by molar-refractivity contribution is -0.138. The van der Waals surface area contributed by atoms with Crippen LogP contribution in [0.1, 0.15) is 49.9 Å². The van der Waals surface area contributed by atoms with Crippen LogP contribution in [0.2, 0.25) is 0 Å². The van der Waals surface area contributed by atoms with Crippen LogP contribution in [0, 0.1) is 13.8 Å². The molecular formula is C14H23F3N2. The fourth-order valence-electron chi connectivity index (χ4n) is 2.03. The van der Waals surface area contributed by atoms with E-state index in [1.807, 2.05) is 27.7 Å². The van der Waals surface area contributed by atoms with Crippen molar-refractivity contribution in [1.82, 2.24) is 5.43 Å². The predicted molar refractivity (Wildman–Crippen MR) is 74.1 cm³/mol. The van der Waals surface area contributed by atoms with Gasteiger partial charge >= 0.3 is 6.18 Å². The zero-order chi connectivity index (χ0) is 15.2. The molecule has 1 aromatic rings. The first kappa shape index (κ1) is 17.8. The molecule has 0 fully saturated rings. The maximum atomic E-state index is 12.7. The average Bonchev–Trinajstić information content (AvgIpc) is 2.81. The van der Waals surface area contributed by atoms with E-state index in [0.717, 1.165) is 5.69 Å². The number of hydrazine groups is 1. The molecule has 0 radical (unpaired) electrons. The van der Waals surface area contributed by atoms with E-state index in [1.165, 1.54) is 19.9 Å². The summed E-state index contributed by atoms with van der Waals surface area (Å²) in [6, 6.07) is 1.53. The Bertz CT molecular complexity index is 412. The normalized spacial score (nSPS) is 12.5. The van der Waals surface area contributed by atoms with Gasteiger partial charge in [-0.1, -0.05) is 27.7 Å². The Morgan fingerprint density at radius 1 is 1.05 bits per heavy atom. The number of hydrogen-bond donors (Lipinski definition) is 2. The zero-order valence-corrected chi connectivity index (χ0v) is 12.4. The van der Waals surface area contributed by atoms with Gasteiger partial charge in [0.2, 0.25) is 0 Å². The molecule has 0 saturated heterocycles. The fraction of sp³-hybridized carbons (Fsp3) is 0.571. The highest BCUT2D eigenvalue weighted by Crippen LogP contribution is 2.39. The van der Waals surface area contributed by atoms with Gasteiger partial charge in [0, 0.05) is 6.54 Å². The molecule has 2 N–H and O–H groups in total. The summed E-state index contributed by atoms with van der Waals surface area (Å²) in [5.74, 6) is 0. The van der Waals surface area contributed by atoms with Crippen molar-refractivity contribution in [3.05, 3.63) is 28.3 Å². The lowest BCUT2D eigenvalue weighted by Crippen LogP contribution is -2.11. The average molecular weight is 276 g/mol. The van der Waals surface area contributed by atoms with E-state index in [4.69, 9.17) is 0 Å². The highest BCUT2D eigenvalue weighted by Gasteiger charge is 2.36. The van der Waals surface area contributed by atoms with Crippen LogP contribution < -0.4 is 10.9 Å². The first-order valence-corrected chi connectivity index (χ1v) is 6.60. The van der Waals surface area contributed by atoms with E-state index in [2.05, 4.69) is 10.9 Å². The standard InChI is InChI=1S/C10H11F3N2.2C2H6/c1-5-3-8-7(4-14-15-8)6(2)9(5)10(11,12)13;2*1-2/h3,14-15H,4H2,1-2H3;2*1-2H3. The molecule has 0 spiro atoms. The molecule has 5 heteroatoms. The summed E-state index contributed by atoms with van der Waals surface area (Å²) in [6.45, 7) is 11.4. The molecular weight excluding hydrogens is 253 g/mol. The Kier molecular flexibility index (Phi) is 6.90. The third-order valence-electron chi connectivity index (χ3n) is 2.68. The first-order valence-electron chi connectivity index (χ1n) is 6.60. The molecule has 110 valence electrons. The minimum absolute atomic E-state index is 0.259. The second kappa shape index (κ2) is 7.38. The largest absolute Gasteiger partial charge is 0.416 e. The lowest BCUT2D eigenvalue weighted by Gasteiger charge is -2.16. The minimum Gasteiger partial charge on any atom is -0.321 e. The van der Waals surface area contributed by atoms with Gasteiger partial charge in [0.1, 0.15) is 0 Å². The van der Waals surface area contributed by atoms with E-state index in [9.17, 15) is 13.2 Å². The van der Waals surface area contributed by atoms with Crippen LogP contribution >= 0.6 is 0 Å². The minimum atomic E-state index is -4.27. The topological polar surface area (TPSA) is 24.1 Å². The number of hydrogen-bond acceptors (Lipinski definition) is 2. The summed E-state index contributed by atoms with van der Waals surface area (Å²) in [4.78, 5) is 0. The maximum Gasteiger partial charge on any atom is 0.416 e. The van der Waals surface area contributed by atoms with E-state index in [1.54, 1.807) is 0 Å². The molecule has 1 aliphatic heterocycles. The van der Waals surface area contributed by atoms with Crippen LogP contribution in [0.3, 0.4) is 0 Å². The smallest absolute Gasteiger partial charge is 0.321 e. The number of benzene rings is 1. The fourth-order valence-corrected chi connectivity index (χ4v) is 2.03. The van der Waals surface area contributed by atoms with Crippen molar-refractivity contribution in [2.24, 2.45) is 0 Å². The molecule has 0 bridgehead atoms. The highest BCUT2D eigenvalue weighted by atomic mass is 19.4. The number of halogens is 3. The van der Waals surface area contributed by atoms with Crippen molar-refractivity contribution in [1.29, 1.82) is 0 Å². The number of fused-ring (bicyclic) bond motifs is 1. The van der Waals surface area contributed by atoms with Gasteiger partial charge in [-0.25, -0.2) is 5.43 Å². The lowest BCUT2D eigenvalue weighted by atomic mass is 9.96. The molecule has 2 rings (SSSR count). The highest BCUT2D eigenvalue weighted by molar-refractivity contribution is 5.62.